The van der Waals surface area contributed by atoms with E-state index in [-0.39, 0.29) is 12.3 Å². The number of methoxy groups -OCH3 is 1. The molecule has 2 aromatic carbocycles. The maximum absolute atomic E-state index is 12.6. The van der Waals surface area contributed by atoms with Crippen LogP contribution in [0.4, 0.5) is 11.5 Å². The Balaban J connectivity index is 1.69. The molecule has 0 aliphatic rings. The van der Waals surface area contributed by atoms with Crippen molar-refractivity contribution in [1.82, 2.24) is 9.78 Å². The van der Waals surface area contributed by atoms with E-state index in [2.05, 4.69) is 31.7 Å². The van der Waals surface area contributed by atoms with Crippen molar-refractivity contribution in [3.05, 3.63) is 57.7 Å². The summed E-state index contributed by atoms with van der Waals surface area (Å²) >= 11 is 9.49. The van der Waals surface area contributed by atoms with E-state index in [4.69, 9.17) is 16.3 Å². The topological polar surface area (TPSA) is 68.2 Å². The number of carbonyl (C=O) groups is 1. The first-order chi connectivity index (χ1) is 13.9. The molecular formula is C21H22BrClN4O2. The quantitative estimate of drug-likeness (QED) is 0.487. The predicted octanol–water partition coefficient (Wildman–Crippen LogP) is 5.26. The van der Waals surface area contributed by atoms with Crippen molar-refractivity contribution in [3.8, 4) is 16.9 Å². The van der Waals surface area contributed by atoms with Crippen LogP contribution in [0.3, 0.4) is 0 Å². The molecule has 1 amide bonds. The minimum Gasteiger partial charge on any atom is -0.495 e. The third-order valence-electron chi connectivity index (χ3n) is 4.44. The number of rotatable bonds is 7. The number of hydrogen-bond acceptors (Lipinski definition) is 4. The van der Waals surface area contributed by atoms with Gasteiger partial charge in [0.2, 0.25) is 5.91 Å². The van der Waals surface area contributed by atoms with Gasteiger partial charge < -0.3 is 15.4 Å². The van der Waals surface area contributed by atoms with Gasteiger partial charge in [0.1, 0.15) is 11.6 Å². The van der Waals surface area contributed by atoms with Crippen LogP contribution in [-0.4, -0.2) is 29.3 Å². The summed E-state index contributed by atoms with van der Waals surface area (Å²) in [5, 5.41) is 11.3. The minimum absolute atomic E-state index is 0.111. The average molecular weight is 478 g/mol. The number of halogens is 2. The number of amides is 1. The van der Waals surface area contributed by atoms with Crippen LogP contribution in [0, 0.1) is 6.92 Å². The Kier molecular flexibility index (Phi) is 6.82. The number of aryl methyl sites for hydroxylation is 2. The van der Waals surface area contributed by atoms with Gasteiger partial charge in [0, 0.05) is 35.1 Å². The van der Waals surface area contributed by atoms with Crippen LogP contribution in [0.25, 0.3) is 11.1 Å². The van der Waals surface area contributed by atoms with Gasteiger partial charge in [0.25, 0.3) is 0 Å². The summed E-state index contributed by atoms with van der Waals surface area (Å²) in [5.74, 6) is 1.24. The number of hydrogen-bond donors (Lipinski definition) is 2. The molecule has 2 N–H and O–H groups in total. The number of benzene rings is 2. The molecule has 0 spiro atoms. The molecule has 3 aromatic rings. The number of ether oxygens (including phenoxy) is 1. The van der Waals surface area contributed by atoms with Gasteiger partial charge in [-0.1, -0.05) is 39.7 Å². The summed E-state index contributed by atoms with van der Waals surface area (Å²) in [6, 6.07) is 13.2. The molecule has 1 heterocycles. The van der Waals surface area contributed by atoms with Gasteiger partial charge in [0.05, 0.1) is 18.5 Å². The smallest absolute Gasteiger partial charge is 0.227 e. The fourth-order valence-corrected chi connectivity index (χ4v) is 3.52. The van der Waals surface area contributed by atoms with Crippen LogP contribution < -0.4 is 15.4 Å². The highest BCUT2D eigenvalue weighted by Gasteiger charge is 2.17. The van der Waals surface area contributed by atoms with E-state index in [0.29, 0.717) is 23.1 Å². The highest BCUT2D eigenvalue weighted by atomic mass is 79.9. The van der Waals surface area contributed by atoms with E-state index < -0.39 is 0 Å². The lowest BCUT2D eigenvalue weighted by Gasteiger charge is -2.12. The predicted molar refractivity (Wildman–Crippen MR) is 121 cm³/mol. The van der Waals surface area contributed by atoms with Crippen molar-refractivity contribution in [2.75, 3.05) is 24.3 Å². The van der Waals surface area contributed by atoms with Crippen LogP contribution in [0.5, 0.6) is 5.75 Å². The van der Waals surface area contributed by atoms with Gasteiger partial charge in [-0.3, -0.25) is 9.48 Å². The molecule has 1 aromatic heterocycles. The Morgan fingerprint density at radius 1 is 1.24 bits per heavy atom. The summed E-state index contributed by atoms with van der Waals surface area (Å²) in [6.45, 7) is 2.37. The van der Waals surface area contributed by atoms with Crippen LogP contribution in [-0.2, 0) is 11.8 Å². The molecule has 152 valence electrons. The van der Waals surface area contributed by atoms with E-state index in [0.717, 1.165) is 27.0 Å². The molecule has 0 bridgehead atoms. The Bertz CT molecular complexity index is 1020. The van der Waals surface area contributed by atoms with Crippen molar-refractivity contribution >= 4 is 44.9 Å². The third kappa shape index (κ3) is 5.10. The van der Waals surface area contributed by atoms with E-state index in [1.165, 1.54) is 0 Å². The van der Waals surface area contributed by atoms with E-state index >= 15 is 0 Å². The van der Waals surface area contributed by atoms with Gasteiger partial charge in [-0.2, -0.15) is 5.10 Å². The van der Waals surface area contributed by atoms with Crippen LogP contribution >= 0.6 is 27.5 Å². The Morgan fingerprint density at radius 2 is 1.97 bits per heavy atom. The second kappa shape index (κ2) is 9.33. The van der Waals surface area contributed by atoms with Crippen LogP contribution in [0.1, 0.15) is 12.1 Å². The lowest BCUT2D eigenvalue weighted by Crippen LogP contribution is -2.18. The molecule has 0 saturated carbocycles. The standard InChI is InChI=1S/C21H22BrClN4O2/c1-13-20(14-4-6-15(22)7-5-14)21(27(2)26-13)25-19(28)10-11-24-17-12-16(23)8-9-18(17)29-3/h4-9,12,24H,10-11H2,1-3H3,(H,25,28). The summed E-state index contributed by atoms with van der Waals surface area (Å²) in [6.07, 6.45) is 0.277. The van der Waals surface area contributed by atoms with Gasteiger partial charge in [-0.05, 0) is 42.8 Å². The SMILES string of the molecule is COc1ccc(Cl)cc1NCCC(=O)Nc1c(-c2ccc(Br)cc2)c(C)nn1C. The van der Waals surface area contributed by atoms with Gasteiger partial charge >= 0.3 is 0 Å². The fourth-order valence-electron chi connectivity index (χ4n) is 3.09. The lowest BCUT2D eigenvalue weighted by molar-refractivity contribution is -0.116. The summed E-state index contributed by atoms with van der Waals surface area (Å²) in [5.41, 5.74) is 3.51. The zero-order chi connectivity index (χ0) is 21.0. The molecule has 0 atom stereocenters. The van der Waals surface area contributed by atoms with Crippen molar-refractivity contribution in [2.24, 2.45) is 7.05 Å². The number of anilines is 2. The van der Waals surface area contributed by atoms with Gasteiger partial charge in [-0.15, -0.1) is 0 Å². The summed E-state index contributed by atoms with van der Waals surface area (Å²) in [7, 11) is 3.41. The van der Waals surface area contributed by atoms with Crippen molar-refractivity contribution in [1.29, 1.82) is 0 Å². The van der Waals surface area contributed by atoms with Gasteiger partial charge in [0.15, 0.2) is 0 Å². The molecule has 0 saturated heterocycles. The number of carbonyl (C=O) groups excluding carboxylic acids is 1. The zero-order valence-corrected chi connectivity index (χ0v) is 18.8. The van der Waals surface area contributed by atoms with E-state index in [9.17, 15) is 4.79 Å². The highest BCUT2D eigenvalue weighted by Crippen LogP contribution is 2.32. The number of nitrogens with zero attached hydrogens (tertiary/aromatic N) is 2. The number of nitrogens with one attached hydrogen (secondary N) is 2. The largest absolute Gasteiger partial charge is 0.495 e. The second-order valence-electron chi connectivity index (χ2n) is 6.51. The molecular weight excluding hydrogens is 456 g/mol. The minimum atomic E-state index is -0.111. The molecule has 0 fully saturated rings. The van der Waals surface area contributed by atoms with Crippen LogP contribution in [0.2, 0.25) is 5.02 Å². The normalized spacial score (nSPS) is 10.7. The zero-order valence-electron chi connectivity index (χ0n) is 16.4. The van der Waals surface area contributed by atoms with E-state index in [1.54, 1.807) is 30.0 Å². The van der Waals surface area contributed by atoms with Crippen LogP contribution in [0.15, 0.2) is 46.9 Å². The lowest BCUT2D eigenvalue weighted by atomic mass is 10.1. The van der Waals surface area contributed by atoms with Crippen molar-refractivity contribution in [2.45, 2.75) is 13.3 Å². The maximum atomic E-state index is 12.6. The molecule has 0 aliphatic carbocycles. The first-order valence-corrected chi connectivity index (χ1v) is 10.2. The summed E-state index contributed by atoms with van der Waals surface area (Å²) in [4.78, 5) is 12.6. The molecule has 0 unspecified atom stereocenters. The van der Waals surface area contributed by atoms with Crippen molar-refractivity contribution in [3.63, 3.8) is 0 Å². The molecule has 0 aliphatic heterocycles. The number of aromatic nitrogens is 2. The monoisotopic (exact) mass is 476 g/mol. The Hall–Kier alpha value is -2.51. The first-order valence-electron chi connectivity index (χ1n) is 9.06. The maximum Gasteiger partial charge on any atom is 0.227 e. The Morgan fingerprint density at radius 3 is 2.66 bits per heavy atom. The molecule has 29 heavy (non-hydrogen) atoms. The fraction of sp³-hybridized carbons (Fsp3) is 0.238. The highest BCUT2D eigenvalue weighted by molar-refractivity contribution is 9.10. The first kappa shape index (κ1) is 21.2. The Labute approximate surface area is 183 Å². The van der Waals surface area contributed by atoms with Gasteiger partial charge in [-0.25, -0.2) is 0 Å². The molecule has 8 heteroatoms. The third-order valence-corrected chi connectivity index (χ3v) is 5.21. The second-order valence-corrected chi connectivity index (χ2v) is 7.86. The van der Waals surface area contributed by atoms with E-state index in [1.807, 2.05) is 38.2 Å². The van der Waals surface area contributed by atoms with Crippen molar-refractivity contribution < 1.29 is 9.53 Å². The average Bonchev–Trinajstić information content (AvgIpc) is 2.96. The summed E-state index contributed by atoms with van der Waals surface area (Å²) < 4.78 is 8.00. The molecule has 3 rings (SSSR count). The molecule has 6 nitrogen and oxygen atoms in total. The molecule has 0 radical (unpaired) electrons.